The number of phenolic OH excluding ortho intramolecular Hbond substituents is 1. The van der Waals surface area contributed by atoms with Crippen molar-refractivity contribution < 1.29 is 5.11 Å². The highest BCUT2D eigenvalue weighted by Crippen LogP contribution is 2.33. The molecule has 0 fully saturated rings. The van der Waals surface area contributed by atoms with E-state index in [1.165, 1.54) is 53.5 Å². The number of phenols is 1. The van der Waals surface area contributed by atoms with Crippen LogP contribution in [0.5, 0.6) is 5.75 Å². The van der Waals surface area contributed by atoms with E-state index < -0.39 is 0 Å². The molecule has 0 amide bonds. The summed E-state index contributed by atoms with van der Waals surface area (Å²) < 4.78 is 0. The summed E-state index contributed by atoms with van der Waals surface area (Å²) in [4.78, 5) is 6.23. The van der Waals surface area contributed by atoms with Gasteiger partial charge in [-0.1, -0.05) is 36.4 Å². The summed E-state index contributed by atoms with van der Waals surface area (Å²) in [5.74, 6) is 1.09. The topological polar surface area (TPSA) is 39.3 Å². The monoisotopic (exact) mass is 358 g/mol. The zero-order valence-electron chi connectivity index (χ0n) is 15.6. The van der Waals surface area contributed by atoms with Crippen LogP contribution < -0.4 is 0 Å². The number of aryl methyl sites for hydroxylation is 1. The zero-order valence-corrected chi connectivity index (χ0v) is 15.6. The average Bonchev–Trinajstić information content (AvgIpc) is 3.07. The molecule has 1 aliphatic carbocycles. The summed E-state index contributed by atoms with van der Waals surface area (Å²) >= 11 is 0. The predicted octanol–water partition coefficient (Wildman–Crippen LogP) is 4.77. The molecule has 138 valence electrons. The summed E-state index contributed by atoms with van der Waals surface area (Å²) in [6, 6.07) is 16.3. The van der Waals surface area contributed by atoms with Gasteiger partial charge in [-0.3, -0.25) is 4.90 Å². The Morgan fingerprint density at radius 3 is 2.70 bits per heavy atom. The van der Waals surface area contributed by atoms with Crippen molar-refractivity contribution in [3.8, 4) is 5.75 Å². The first kappa shape index (κ1) is 16.6. The van der Waals surface area contributed by atoms with E-state index >= 15 is 0 Å². The van der Waals surface area contributed by atoms with E-state index in [2.05, 4.69) is 40.2 Å². The highest BCUT2D eigenvalue weighted by Gasteiger charge is 2.24. The molecule has 1 aromatic heterocycles. The van der Waals surface area contributed by atoms with Crippen LogP contribution in [0.1, 0.15) is 29.7 Å². The van der Waals surface area contributed by atoms with Gasteiger partial charge in [0.2, 0.25) is 0 Å². The number of hydrogen-bond acceptors (Lipinski definition) is 2. The number of benzene rings is 2. The molecule has 1 aliphatic heterocycles. The van der Waals surface area contributed by atoms with Crippen LogP contribution in [0, 0.1) is 5.92 Å². The Hall–Kier alpha value is -2.52. The Labute approximate surface area is 160 Å². The number of nitrogens with zero attached hydrogens (tertiary/aromatic N) is 1. The Morgan fingerprint density at radius 1 is 1.04 bits per heavy atom. The molecule has 2 N–H and O–H groups in total. The van der Waals surface area contributed by atoms with Crippen molar-refractivity contribution in [2.24, 2.45) is 5.92 Å². The number of hydrogen-bond donors (Lipinski definition) is 2. The molecule has 3 heteroatoms. The molecular formula is C24H26N2O. The fourth-order valence-corrected chi connectivity index (χ4v) is 4.78. The van der Waals surface area contributed by atoms with E-state index in [9.17, 15) is 5.11 Å². The smallest absolute Gasteiger partial charge is 0.115 e. The molecule has 27 heavy (non-hydrogen) atoms. The number of aromatic nitrogens is 1. The molecule has 0 bridgehead atoms. The van der Waals surface area contributed by atoms with Crippen molar-refractivity contribution in [1.82, 2.24) is 9.88 Å². The molecule has 5 rings (SSSR count). The maximum atomic E-state index is 9.47. The Bertz CT molecular complexity index is 983. The van der Waals surface area contributed by atoms with Gasteiger partial charge in [-0.15, -0.1) is 0 Å². The number of rotatable bonds is 3. The summed E-state index contributed by atoms with van der Waals surface area (Å²) in [7, 11) is 0. The molecule has 0 radical (unpaired) electrons. The van der Waals surface area contributed by atoms with E-state index in [-0.39, 0.29) is 0 Å². The zero-order chi connectivity index (χ0) is 18.2. The van der Waals surface area contributed by atoms with Crippen molar-refractivity contribution >= 4 is 16.5 Å². The van der Waals surface area contributed by atoms with Crippen LogP contribution >= 0.6 is 0 Å². The van der Waals surface area contributed by atoms with Crippen molar-refractivity contribution in [2.45, 2.75) is 25.7 Å². The van der Waals surface area contributed by atoms with Gasteiger partial charge in [0.15, 0.2) is 0 Å². The quantitative estimate of drug-likeness (QED) is 0.708. The van der Waals surface area contributed by atoms with Crippen molar-refractivity contribution in [2.75, 3.05) is 19.6 Å². The third-order valence-electron chi connectivity index (χ3n) is 6.25. The second kappa shape index (κ2) is 6.90. The van der Waals surface area contributed by atoms with Crippen molar-refractivity contribution in [1.29, 1.82) is 0 Å². The second-order valence-corrected chi connectivity index (χ2v) is 8.02. The molecule has 3 aromatic rings. The van der Waals surface area contributed by atoms with Gasteiger partial charge in [-0.25, -0.2) is 0 Å². The molecule has 1 atom stereocenters. The first-order valence-electron chi connectivity index (χ1n) is 10.1. The van der Waals surface area contributed by atoms with Crippen LogP contribution in [-0.4, -0.2) is 34.6 Å². The lowest BCUT2D eigenvalue weighted by molar-refractivity contribution is 0.238. The summed E-state index contributed by atoms with van der Waals surface area (Å²) in [6.45, 7) is 3.36. The molecule has 0 spiro atoms. The molecule has 2 aliphatic rings. The second-order valence-electron chi connectivity index (χ2n) is 8.02. The fraction of sp³-hybridized carbons (Fsp3) is 0.333. The summed E-state index contributed by atoms with van der Waals surface area (Å²) in [6.07, 6.45) is 7.12. The van der Waals surface area contributed by atoms with E-state index in [0.29, 0.717) is 5.75 Å². The fourth-order valence-electron chi connectivity index (χ4n) is 4.78. The van der Waals surface area contributed by atoms with Gasteiger partial charge in [0.25, 0.3) is 0 Å². The molecule has 1 unspecified atom stereocenters. The standard InChI is InChI=1S/C24H26N2O/c27-20-8-6-18(7-9-20)19-11-13-26(14-12-19)16-17-5-10-24-22(15-17)21-3-1-2-4-23(21)25-24/h1-4,6-9,11,17,25,27H,5,10,12-16H2. The predicted molar refractivity (Wildman–Crippen MR) is 111 cm³/mol. The molecular weight excluding hydrogens is 332 g/mol. The summed E-state index contributed by atoms with van der Waals surface area (Å²) in [5, 5.41) is 10.9. The number of H-pyrrole nitrogens is 1. The van der Waals surface area contributed by atoms with Gasteiger partial charge in [0.05, 0.1) is 0 Å². The maximum absolute atomic E-state index is 9.47. The largest absolute Gasteiger partial charge is 0.508 e. The van der Waals surface area contributed by atoms with Gasteiger partial charge in [0.1, 0.15) is 5.75 Å². The minimum Gasteiger partial charge on any atom is -0.508 e. The van der Waals surface area contributed by atoms with Crippen LogP contribution in [0.2, 0.25) is 0 Å². The number of fused-ring (bicyclic) bond motifs is 3. The molecule has 3 nitrogen and oxygen atoms in total. The Morgan fingerprint density at radius 2 is 1.89 bits per heavy atom. The number of aromatic amines is 1. The van der Waals surface area contributed by atoms with Crippen molar-refractivity contribution in [3.05, 3.63) is 71.4 Å². The van der Waals surface area contributed by atoms with Crippen LogP contribution in [0.4, 0.5) is 0 Å². The van der Waals surface area contributed by atoms with Crippen molar-refractivity contribution in [3.63, 3.8) is 0 Å². The lowest BCUT2D eigenvalue weighted by Crippen LogP contribution is -2.35. The number of nitrogens with one attached hydrogen (secondary N) is 1. The maximum Gasteiger partial charge on any atom is 0.115 e. The van der Waals surface area contributed by atoms with Crippen LogP contribution in [0.15, 0.2) is 54.6 Å². The van der Waals surface area contributed by atoms with E-state index in [4.69, 9.17) is 0 Å². The first-order valence-corrected chi connectivity index (χ1v) is 10.1. The first-order chi connectivity index (χ1) is 13.3. The van der Waals surface area contributed by atoms with Crippen LogP contribution in [-0.2, 0) is 12.8 Å². The Kier molecular flexibility index (Phi) is 4.25. The molecule has 2 heterocycles. The minimum atomic E-state index is 0.339. The van der Waals surface area contributed by atoms with E-state index in [1.807, 2.05) is 12.1 Å². The van der Waals surface area contributed by atoms with E-state index in [0.717, 1.165) is 25.4 Å². The number of aromatic hydroxyl groups is 1. The van der Waals surface area contributed by atoms with Gasteiger partial charge < -0.3 is 10.1 Å². The SMILES string of the molecule is Oc1ccc(C2=CCN(CC3CCc4[nH]c5ccccc5c4C3)CC2)cc1. The lowest BCUT2D eigenvalue weighted by Gasteiger charge is -2.32. The molecule has 2 aromatic carbocycles. The minimum absolute atomic E-state index is 0.339. The van der Waals surface area contributed by atoms with Gasteiger partial charge >= 0.3 is 0 Å². The highest BCUT2D eigenvalue weighted by atomic mass is 16.3. The normalized spacial score (nSPS) is 20.4. The lowest BCUT2D eigenvalue weighted by atomic mass is 9.85. The summed E-state index contributed by atoms with van der Waals surface area (Å²) in [5.41, 5.74) is 6.96. The highest BCUT2D eigenvalue weighted by molar-refractivity contribution is 5.84. The molecule has 0 saturated carbocycles. The third kappa shape index (κ3) is 3.28. The van der Waals surface area contributed by atoms with E-state index in [1.54, 1.807) is 17.7 Å². The van der Waals surface area contributed by atoms with Crippen LogP contribution in [0.3, 0.4) is 0 Å². The third-order valence-corrected chi connectivity index (χ3v) is 6.25. The average molecular weight is 358 g/mol. The van der Waals surface area contributed by atoms with Gasteiger partial charge in [-0.2, -0.15) is 0 Å². The van der Waals surface area contributed by atoms with Gasteiger partial charge in [-0.05, 0) is 66.5 Å². The van der Waals surface area contributed by atoms with Crippen LogP contribution in [0.25, 0.3) is 16.5 Å². The molecule has 0 saturated heterocycles. The van der Waals surface area contributed by atoms with Gasteiger partial charge in [0, 0.05) is 36.2 Å². The number of para-hydroxylation sites is 1. The Balaban J connectivity index is 1.25.